The molecule has 1 aromatic rings. The minimum atomic E-state index is -1.07. The molecule has 0 unspecified atom stereocenters. The Morgan fingerprint density at radius 2 is 2.08 bits per heavy atom. The Balaban J connectivity index is 2.43. The van der Waals surface area contributed by atoms with Gasteiger partial charge in [0.2, 0.25) is 0 Å². The molecule has 0 fully saturated rings. The van der Waals surface area contributed by atoms with E-state index in [9.17, 15) is 14.4 Å². The van der Waals surface area contributed by atoms with Gasteiger partial charge >= 0.3 is 11.9 Å². The van der Waals surface area contributed by atoms with Crippen LogP contribution in [-0.2, 0) is 14.3 Å². The maximum absolute atomic E-state index is 12.5. The third-order valence-corrected chi connectivity index (χ3v) is 4.36. The fraction of sp³-hybridized carbons (Fsp3) is 0.312. The molecule has 1 aromatic carbocycles. The second-order valence-corrected chi connectivity index (χ2v) is 6.23. The number of hydrogen-bond donors (Lipinski definition) is 3. The Kier molecular flexibility index (Phi) is 5.81. The number of aryl methyl sites for hydroxylation is 1. The first-order valence-corrected chi connectivity index (χ1v) is 8.11. The van der Waals surface area contributed by atoms with Gasteiger partial charge in [-0.15, -0.1) is 0 Å². The summed E-state index contributed by atoms with van der Waals surface area (Å²) in [6.45, 7) is 1.56. The SMILES string of the molecule is COC(=O)C1=C(Nc2c(C)cc(C(=O)O)cc2Br)C(=O)N(CCO)C1. The number of nitrogens with one attached hydrogen (secondary N) is 1. The average Bonchev–Trinajstić information content (AvgIpc) is 2.86. The quantitative estimate of drug-likeness (QED) is 0.599. The maximum Gasteiger partial charge on any atom is 0.337 e. The number of β-amino-alcohol motifs (C(OH)–C–C–N with tert-alkyl or cyclic N) is 1. The molecule has 0 aromatic heterocycles. The lowest BCUT2D eigenvalue weighted by molar-refractivity contribution is -0.136. The van der Waals surface area contributed by atoms with Gasteiger partial charge in [0.05, 0.1) is 37.1 Å². The van der Waals surface area contributed by atoms with Gasteiger partial charge in [-0.3, -0.25) is 4.79 Å². The van der Waals surface area contributed by atoms with Crippen molar-refractivity contribution in [1.29, 1.82) is 0 Å². The third kappa shape index (κ3) is 3.83. The molecular weight excluding hydrogens is 396 g/mol. The summed E-state index contributed by atoms with van der Waals surface area (Å²) >= 11 is 3.28. The van der Waals surface area contributed by atoms with E-state index in [1.165, 1.54) is 24.1 Å². The first-order chi connectivity index (χ1) is 11.8. The van der Waals surface area contributed by atoms with Gasteiger partial charge in [-0.05, 0) is 40.5 Å². The highest BCUT2D eigenvalue weighted by Gasteiger charge is 2.34. The lowest BCUT2D eigenvalue weighted by Crippen LogP contribution is -2.31. The number of esters is 1. The zero-order valence-corrected chi connectivity index (χ0v) is 15.2. The number of amides is 1. The number of carbonyl (C=O) groups is 3. The van der Waals surface area contributed by atoms with Crippen molar-refractivity contribution in [2.75, 3.05) is 32.1 Å². The molecule has 0 atom stereocenters. The molecule has 134 valence electrons. The van der Waals surface area contributed by atoms with Crippen LogP contribution in [0.3, 0.4) is 0 Å². The summed E-state index contributed by atoms with van der Waals surface area (Å²) in [5, 5.41) is 21.1. The lowest BCUT2D eigenvalue weighted by atomic mass is 10.1. The van der Waals surface area contributed by atoms with E-state index in [4.69, 9.17) is 14.9 Å². The Morgan fingerprint density at radius 3 is 2.60 bits per heavy atom. The minimum Gasteiger partial charge on any atom is -0.478 e. The first kappa shape index (κ1) is 18.9. The monoisotopic (exact) mass is 412 g/mol. The van der Waals surface area contributed by atoms with E-state index >= 15 is 0 Å². The highest BCUT2D eigenvalue weighted by Crippen LogP contribution is 2.31. The molecule has 0 aliphatic carbocycles. The summed E-state index contributed by atoms with van der Waals surface area (Å²) in [6, 6.07) is 2.86. The van der Waals surface area contributed by atoms with Crippen molar-refractivity contribution >= 4 is 39.5 Å². The van der Waals surface area contributed by atoms with E-state index in [0.717, 1.165) is 0 Å². The highest BCUT2D eigenvalue weighted by atomic mass is 79.9. The summed E-state index contributed by atoms with van der Waals surface area (Å²) in [6.07, 6.45) is 0. The molecule has 0 saturated heterocycles. The number of aromatic carboxylic acids is 1. The smallest absolute Gasteiger partial charge is 0.337 e. The van der Waals surface area contributed by atoms with Crippen LogP contribution in [0.2, 0.25) is 0 Å². The highest BCUT2D eigenvalue weighted by molar-refractivity contribution is 9.10. The Hall–Kier alpha value is -2.39. The van der Waals surface area contributed by atoms with Crippen molar-refractivity contribution in [2.45, 2.75) is 6.92 Å². The fourth-order valence-electron chi connectivity index (χ4n) is 2.50. The average molecular weight is 413 g/mol. The second kappa shape index (κ2) is 7.66. The van der Waals surface area contributed by atoms with Crippen molar-refractivity contribution < 1.29 is 29.3 Å². The number of methoxy groups -OCH3 is 1. The molecule has 0 bridgehead atoms. The summed E-state index contributed by atoms with van der Waals surface area (Å²) < 4.78 is 5.16. The van der Waals surface area contributed by atoms with Gasteiger partial charge in [-0.25, -0.2) is 9.59 Å². The topological polar surface area (TPSA) is 116 Å². The maximum atomic E-state index is 12.5. The lowest BCUT2D eigenvalue weighted by Gasteiger charge is -2.16. The summed E-state index contributed by atoms with van der Waals surface area (Å²) in [4.78, 5) is 36.9. The van der Waals surface area contributed by atoms with Gasteiger partial charge in [-0.2, -0.15) is 0 Å². The fourth-order valence-corrected chi connectivity index (χ4v) is 3.16. The van der Waals surface area contributed by atoms with Crippen LogP contribution in [0.15, 0.2) is 27.9 Å². The number of carbonyl (C=O) groups excluding carboxylic acids is 2. The van der Waals surface area contributed by atoms with Gasteiger partial charge in [0.25, 0.3) is 5.91 Å². The molecule has 3 N–H and O–H groups in total. The van der Waals surface area contributed by atoms with E-state index in [1.807, 2.05) is 0 Å². The van der Waals surface area contributed by atoms with Crippen molar-refractivity contribution in [3.05, 3.63) is 39.0 Å². The molecule has 0 spiro atoms. The van der Waals surface area contributed by atoms with Crippen LogP contribution in [0.25, 0.3) is 0 Å². The Bertz CT molecular complexity index is 751. The number of halogens is 1. The third-order valence-electron chi connectivity index (χ3n) is 3.74. The molecule has 0 radical (unpaired) electrons. The van der Waals surface area contributed by atoms with Crippen LogP contribution in [0.4, 0.5) is 5.69 Å². The van der Waals surface area contributed by atoms with Crippen LogP contribution in [0.1, 0.15) is 15.9 Å². The van der Waals surface area contributed by atoms with E-state index in [-0.39, 0.29) is 36.5 Å². The number of nitrogens with zero attached hydrogens (tertiary/aromatic N) is 1. The molecule has 1 amide bonds. The zero-order chi connectivity index (χ0) is 18.7. The molecule has 1 aliphatic heterocycles. The number of aliphatic hydroxyl groups is 1. The van der Waals surface area contributed by atoms with Crippen LogP contribution in [0, 0.1) is 6.92 Å². The van der Waals surface area contributed by atoms with Crippen LogP contribution < -0.4 is 5.32 Å². The predicted molar refractivity (Wildman–Crippen MR) is 92.2 cm³/mol. The Labute approximate surface area is 152 Å². The summed E-state index contributed by atoms with van der Waals surface area (Å²) in [7, 11) is 1.22. The molecular formula is C16H17BrN2O6. The number of ether oxygens (including phenoxy) is 1. The number of carboxylic acids is 1. The zero-order valence-electron chi connectivity index (χ0n) is 13.6. The van der Waals surface area contributed by atoms with E-state index in [1.54, 1.807) is 6.92 Å². The van der Waals surface area contributed by atoms with Crippen LogP contribution >= 0.6 is 15.9 Å². The van der Waals surface area contributed by atoms with Crippen molar-refractivity contribution in [1.82, 2.24) is 4.90 Å². The predicted octanol–water partition coefficient (Wildman–Crippen LogP) is 1.13. The number of anilines is 1. The van der Waals surface area contributed by atoms with Gasteiger partial charge < -0.3 is 25.2 Å². The normalized spacial score (nSPS) is 14.1. The van der Waals surface area contributed by atoms with Crippen molar-refractivity contribution in [3.8, 4) is 0 Å². The van der Waals surface area contributed by atoms with Crippen LogP contribution in [-0.4, -0.2) is 59.8 Å². The molecule has 1 heterocycles. The molecule has 2 rings (SSSR count). The largest absolute Gasteiger partial charge is 0.478 e. The minimum absolute atomic E-state index is 0.0261. The number of carboxylic acid groups (broad SMARTS) is 1. The van der Waals surface area contributed by atoms with E-state index in [0.29, 0.717) is 15.7 Å². The number of benzene rings is 1. The van der Waals surface area contributed by atoms with Gasteiger partial charge in [0.1, 0.15) is 5.70 Å². The van der Waals surface area contributed by atoms with Gasteiger partial charge in [0.15, 0.2) is 0 Å². The van der Waals surface area contributed by atoms with Crippen LogP contribution in [0.5, 0.6) is 0 Å². The molecule has 25 heavy (non-hydrogen) atoms. The Morgan fingerprint density at radius 1 is 1.40 bits per heavy atom. The molecule has 0 saturated carbocycles. The van der Waals surface area contributed by atoms with Crippen molar-refractivity contribution in [2.24, 2.45) is 0 Å². The van der Waals surface area contributed by atoms with E-state index < -0.39 is 17.8 Å². The van der Waals surface area contributed by atoms with Gasteiger partial charge in [0, 0.05) is 11.0 Å². The molecule has 8 nitrogen and oxygen atoms in total. The van der Waals surface area contributed by atoms with Gasteiger partial charge in [-0.1, -0.05) is 0 Å². The second-order valence-electron chi connectivity index (χ2n) is 5.38. The first-order valence-electron chi connectivity index (χ1n) is 7.32. The standard InChI is InChI=1S/C16H17BrN2O6/c1-8-5-9(15(22)23)6-11(17)12(8)18-13-10(16(24)25-2)7-19(3-4-20)14(13)21/h5-6,18,20H,3-4,7H2,1-2H3,(H,22,23). The number of rotatable bonds is 6. The number of hydrogen-bond acceptors (Lipinski definition) is 6. The summed E-state index contributed by atoms with van der Waals surface area (Å²) in [5.74, 6) is -2.16. The summed E-state index contributed by atoms with van der Waals surface area (Å²) in [5.41, 5.74) is 1.34. The number of aliphatic hydroxyl groups excluding tert-OH is 1. The van der Waals surface area contributed by atoms with Crippen molar-refractivity contribution in [3.63, 3.8) is 0 Å². The molecule has 9 heteroatoms. The van der Waals surface area contributed by atoms with E-state index in [2.05, 4.69) is 21.2 Å². The molecule has 1 aliphatic rings.